The smallest absolute Gasteiger partial charge is 0.226 e. The largest absolute Gasteiger partial charge is 0.381 e. The number of hydrogen-bond acceptors (Lipinski definition) is 3. The molecule has 0 saturated carbocycles. The quantitative estimate of drug-likeness (QED) is 0.783. The third-order valence-corrected chi connectivity index (χ3v) is 4.17. The predicted octanol–water partition coefficient (Wildman–Crippen LogP) is 0.999. The first-order valence-electron chi connectivity index (χ1n) is 6.80. The fraction of sp³-hybridized carbons (Fsp3) is 0.923. The molecule has 1 amide bonds. The Morgan fingerprint density at radius 1 is 1.29 bits per heavy atom. The van der Waals surface area contributed by atoms with Crippen LogP contribution in [0, 0.1) is 11.8 Å². The Bertz CT molecular complexity index is 264. The van der Waals surface area contributed by atoms with E-state index in [4.69, 9.17) is 10.5 Å². The van der Waals surface area contributed by atoms with Crippen molar-refractivity contribution in [1.29, 1.82) is 0 Å². The third kappa shape index (κ3) is 2.99. The maximum Gasteiger partial charge on any atom is 0.226 e. The zero-order valence-electron chi connectivity index (χ0n) is 10.7. The Labute approximate surface area is 103 Å². The van der Waals surface area contributed by atoms with Crippen molar-refractivity contribution in [3.8, 4) is 0 Å². The summed E-state index contributed by atoms with van der Waals surface area (Å²) in [5, 5.41) is 0. The highest BCUT2D eigenvalue weighted by molar-refractivity contribution is 5.79. The van der Waals surface area contributed by atoms with Gasteiger partial charge in [0, 0.05) is 31.7 Å². The molecule has 2 saturated heterocycles. The Morgan fingerprint density at radius 3 is 2.65 bits per heavy atom. The standard InChI is InChI=1S/C13H24N2O2/c1-10-2-3-11(8-14)9-15(10)13(16)12-4-6-17-7-5-12/h10-12H,2-9,14H2,1H3. The average Bonchev–Trinajstić information content (AvgIpc) is 2.39. The Kier molecular flexibility index (Phi) is 4.40. The van der Waals surface area contributed by atoms with Gasteiger partial charge in [0.05, 0.1) is 0 Å². The number of ether oxygens (including phenoxy) is 1. The van der Waals surface area contributed by atoms with E-state index in [-0.39, 0.29) is 5.92 Å². The van der Waals surface area contributed by atoms with Crippen LogP contribution >= 0.6 is 0 Å². The number of nitrogens with zero attached hydrogens (tertiary/aromatic N) is 1. The zero-order chi connectivity index (χ0) is 12.3. The fourth-order valence-corrected chi connectivity index (χ4v) is 2.86. The summed E-state index contributed by atoms with van der Waals surface area (Å²) >= 11 is 0. The highest BCUT2D eigenvalue weighted by Crippen LogP contribution is 2.25. The molecule has 2 rings (SSSR count). The first-order valence-corrected chi connectivity index (χ1v) is 6.80. The lowest BCUT2D eigenvalue weighted by atomic mass is 9.90. The summed E-state index contributed by atoms with van der Waals surface area (Å²) in [6.07, 6.45) is 4.02. The summed E-state index contributed by atoms with van der Waals surface area (Å²) < 4.78 is 5.32. The van der Waals surface area contributed by atoms with Crippen LogP contribution in [-0.2, 0) is 9.53 Å². The van der Waals surface area contributed by atoms with E-state index in [0.717, 1.165) is 45.4 Å². The van der Waals surface area contributed by atoms with Crippen molar-refractivity contribution in [1.82, 2.24) is 4.90 Å². The summed E-state index contributed by atoms with van der Waals surface area (Å²) in [6.45, 7) is 5.18. The number of nitrogens with two attached hydrogens (primary N) is 1. The monoisotopic (exact) mass is 240 g/mol. The number of rotatable bonds is 2. The van der Waals surface area contributed by atoms with Crippen LogP contribution in [0.5, 0.6) is 0 Å². The van der Waals surface area contributed by atoms with Gasteiger partial charge in [-0.25, -0.2) is 0 Å². The molecule has 2 heterocycles. The fourth-order valence-electron chi connectivity index (χ4n) is 2.86. The average molecular weight is 240 g/mol. The maximum absolute atomic E-state index is 12.5. The van der Waals surface area contributed by atoms with Crippen LogP contribution in [0.25, 0.3) is 0 Å². The predicted molar refractivity (Wildman–Crippen MR) is 66.5 cm³/mol. The Balaban J connectivity index is 1.95. The highest BCUT2D eigenvalue weighted by Gasteiger charge is 2.33. The SMILES string of the molecule is CC1CCC(CN)CN1C(=O)C1CCOCC1. The topological polar surface area (TPSA) is 55.6 Å². The summed E-state index contributed by atoms with van der Waals surface area (Å²) in [7, 11) is 0. The second-order valence-corrected chi connectivity index (χ2v) is 5.41. The zero-order valence-corrected chi connectivity index (χ0v) is 10.7. The van der Waals surface area contributed by atoms with Crippen LogP contribution in [0.2, 0.25) is 0 Å². The normalized spacial score (nSPS) is 31.5. The minimum atomic E-state index is 0.183. The van der Waals surface area contributed by atoms with Gasteiger partial charge in [0.1, 0.15) is 0 Å². The van der Waals surface area contributed by atoms with Gasteiger partial charge in [0.25, 0.3) is 0 Å². The van der Waals surface area contributed by atoms with Crippen LogP contribution in [0.15, 0.2) is 0 Å². The molecule has 2 N–H and O–H groups in total. The molecule has 0 aromatic rings. The Morgan fingerprint density at radius 2 is 2.00 bits per heavy atom. The molecule has 4 nitrogen and oxygen atoms in total. The first kappa shape index (κ1) is 12.8. The number of carbonyl (C=O) groups excluding carboxylic acids is 1. The van der Waals surface area contributed by atoms with Crippen molar-refractivity contribution in [2.75, 3.05) is 26.3 Å². The van der Waals surface area contributed by atoms with E-state index in [1.54, 1.807) is 0 Å². The molecular weight excluding hydrogens is 216 g/mol. The van der Waals surface area contributed by atoms with Crippen LogP contribution in [-0.4, -0.2) is 43.2 Å². The lowest BCUT2D eigenvalue weighted by Crippen LogP contribution is -2.50. The minimum absolute atomic E-state index is 0.183. The van der Waals surface area contributed by atoms with Gasteiger partial charge >= 0.3 is 0 Å². The molecule has 17 heavy (non-hydrogen) atoms. The third-order valence-electron chi connectivity index (χ3n) is 4.17. The van der Waals surface area contributed by atoms with Crippen LogP contribution < -0.4 is 5.73 Å². The molecule has 0 spiro atoms. The molecule has 2 unspecified atom stereocenters. The summed E-state index contributed by atoms with van der Waals surface area (Å²) in [5.74, 6) is 1.01. The lowest BCUT2D eigenvalue weighted by molar-refractivity contribution is -0.143. The summed E-state index contributed by atoms with van der Waals surface area (Å²) in [4.78, 5) is 14.5. The van der Waals surface area contributed by atoms with Gasteiger partial charge in [-0.3, -0.25) is 4.79 Å². The van der Waals surface area contributed by atoms with E-state index in [2.05, 4.69) is 11.8 Å². The van der Waals surface area contributed by atoms with E-state index < -0.39 is 0 Å². The van der Waals surface area contributed by atoms with Gasteiger partial charge in [-0.1, -0.05) is 0 Å². The van der Waals surface area contributed by atoms with Gasteiger partial charge in [-0.05, 0) is 45.1 Å². The maximum atomic E-state index is 12.5. The van der Waals surface area contributed by atoms with Gasteiger partial charge in [0.15, 0.2) is 0 Å². The number of amides is 1. The molecule has 2 aliphatic heterocycles. The summed E-state index contributed by atoms with van der Waals surface area (Å²) in [5.41, 5.74) is 5.73. The second kappa shape index (κ2) is 5.83. The van der Waals surface area contributed by atoms with E-state index in [1.807, 2.05) is 0 Å². The van der Waals surface area contributed by atoms with Gasteiger partial charge < -0.3 is 15.4 Å². The molecular formula is C13H24N2O2. The van der Waals surface area contributed by atoms with Gasteiger partial charge in [-0.2, -0.15) is 0 Å². The number of hydrogen-bond donors (Lipinski definition) is 1. The van der Waals surface area contributed by atoms with Crippen molar-refractivity contribution in [3.05, 3.63) is 0 Å². The highest BCUT2D eigenvalue weighted by atomic mass is 16.5. The van der Waals surface area contributed by atoms with E-state index in [1.165, 1.54) is 0 Å². The molecule has 0 aromatic heterocycles. The lowest BCUT2D eigenvalue weighted by Gasteiger charge is -2.40. The second-order valence-electron chi connectivity index (χ2n) is 5.41. The molecule has 0 radical (unpaired) electrons. The van der Waals surface area contributed by atoms with Crippen molar-refractivity contribution in [2.45, 2.75) is 38.6 Å². The van der Waals surface area contributed by atoms with Crippen LogP contribution in [0.1, 0.15) is 32.6 Å². The Hall–Kier alpha value is -0.610. The van der Waals surface area contributed by atoms with Crippen molar-refractivity contribution in [3.63, 3.8) is 0 Å². The van der Waals surface area contributed by atoms with Gasteiger partial charge in [0.2, 0.25) is 5.91 Å². The van der Waals surface area contributed by atoms with E-state index in [9.17, 15) is 4.79 Å². The number of likely N-dealkylation sites (tertiary alicyclic amines) is 1. The molecule has 2 fully saturated rings. The molecule has 2 atom stereocenters. The number of carbonyl (C=O) groups is 1. The van der Waals surface area contributed by atoms with Crippen LogP contribution in [0.3, 0.4) is 0 Å². The first-order chi connectivity index (χ1) is 8.22. The molecule has 0 aliphatic carbocycles. The molecule has 0 aromatic carbocycles. The molecule has 0 bridgehead atoms. The molecule has 98 valence electrons. The minimum Gasteiger partial charge on any atom is -0.381 e. The number of piperidine rings is 1. The molecule has 4 heteroatoms. The molecule has 2 aliphatic rings. The van der Waals surface area contributed by atoms with Crippen molar-refractivity contribution < 1.29 is 9.53 Å². The van der Waals surface area contributed by atoms with Crippen molar-refractivity contribution >= 4 is 5.91 Å². The van der Waals surface area contributed by atoms with Crippen LogP contribution in [0.4, 0.5) is 0 Å². The van der Waals surface area contributed by atoms with Gasteiger partial charge in [-0.15, -0.1) is 0 Å². The van der Waals surface area contributed by atoms with E-state index >= 15 is 0 Å². The van der Waals surface area contributed by atoms with E-state index in [0.29, 0.717) is 24.4 Å². The van der Waals surface area contributed by atoms with Crippen molar-refractivity contribution in [2.24, 2.45) is 17.6 Å². The summed E-state index contributed by atoms with van der Waals surface area (Å²) in [6, 6.07) is 0.383.